The summed E-state index contributed by atoms with van der Waals surface area (Å²) in [5.74, 6) is 1.02. The molecule has 76 valence electrons. The molecule has 0 saturated heterocycles. The van der Waals surface area contributed by atoms with Crippen molar-refractivity contribution in [1.82, 2.24) is 14.9 Å². The monoisotopic (exact) mass is 193 g/mol. The number of carbonyl (C=O) groups excluding carboxylic acids is 1. The molecule has 0 radical (unpaired) electrons. The Balaban J connectivity index is 2.37. The zero-order chi connectivity index (χ0) is 10.3. The molecule has 1 amide bonds. The summed E-state index contributed by atoms with van der Waals surface area (Å²) >= 11 is 0. The van der Waals surface area contributed by atoms with E-state index in [-0.39, 0.29) is 11.3 Å². The van der Waals surface area contributed by atoms with Crippen LogP contribution < -0.4 is 5.32 Å². The third-order valence-corrected chi connectivity index (χ3v) is 2.39. The van der Waals surface area contributed by atoms with Crippen molar-refractivity contribution in [2.24, 2.45) is 0 Å². The molecule has 0 bridgehead atoms. The molecule has 1 N–H and O–H groups in total. The Bertz CT molecular complexity index is 373. The fourth-order valence-corrected chi connectivity index (χ4v) is 1.48. The molecular weight excluding hydrogens is 178 g/mol. The van der Waals surface area contributed by atoms with Crippen LogP contribution in [0.15, 0.2) is 6.20 Å². The molecular formula is C10H15N3O. The van der Waals surface area contributed by atoms with Crippen molar-refractivity contribution in [3.63, 3.8) is 0 Å². The lowest BCUT2D eigenvalue weighted by Crippen LogP contribution is -2.33. The molecule has 14 heavy (non-hydrogen) atoms. The van der Waals surface area contributed by atoms with Gasteiger partial charge in [-0.15, -0.1) is 0 Å². The molecule has 1 aromatic heterocycles. The van der Waals surface area contributed by atoms with Gasteiger partial charge in [0.1, 0.15) is 12.4 Å². The van der Waals surface area contributed by atoms with Crippen LogP contribution in [0, 0.1) is 0 Å². The van der Waals surface area contributed by atoms with Gasteiger partial charge < -0.3 is 9.88 Å². The fraction of sp³-hybridized carbons (Fsp3) is 0.600. The number of hydrogen-bond donors (Lipinski definition) is 1. The summed E-state index contributed by atoms with van der Waals surface area (Å²) in [6.07, 6.45) is 1.98. The number of imidazole rings is 1. The minimum atomic E-state index is 0.0490. The van der Waals surface area contributed by atoms with Crippen LogP contribution in [-0.4, -0.2) is 15.5 Å². The number of hydrogen-bond acceptors (Lipinski definition) is 2. The van der Waals surface area contributed by atoms with Crippen molar-refractivity contribution in [3.05, 3.63) is 17.7 Å². The Kier molecular flexibility index (Phi) is 1.87. The van der Waals surface area contributed by atoms with Crippen LogP contribution in [0.4, 0.5) is 0 Å². The zero-order valence-corrected chi connectivity index (χ0v) is 8.79. The molecule has 2 rings (SSSR count). The second kappa shape index (κ2) is 2.83. The SMILES string of the molecule is CC(C)(C)c1cn2c(n1)CNC(=O)C2. The highest BCUT2D eigenvalue weighted by Gasteiger charge is 2.22. The number of fused-ring (bicyclic) bond motifs is 1. The normalized spacial score (nSPS) is 16.4. The molecule has 0 fully saturated rings. The summed E-state index contributed by atoms with van der Waals surface area (Å²) in [4.78, 5) is 15.6. The first kappa shape index (κ1) is 9.24. The van der Waals surface area contributed by atoms with Gasteiger partial charge in [-0.2, -0.15) is 0 Å². The molecule has 0 unspecified atom stereocenters. The van der Waals surface area contributed by atoms with Gasteiger partial charge in [0, 0.05) is 11.6 Å². The summed E-state index contributed by atoms with van der Waals surface area (Å²) in [5, 5.41) is 2.78. The number of aromatic nitrogens is 2. The predicted octanol–water partition coefficient (Wildman–Crippen LogP) is 0.810. The summed E-state index contributed by atoms with van der Waals surface area (Å²) < 4.78 is 1.93. The van der Waals surface area contributed by atoms with E-state index in [1.54, 1.807) is 0 Å². The topological polar surface area (TPSA) is 46.9 Å². The Hall–Kier alpha value is -1.32. The minimum Gasteiger partial charge on any atom is -0.347 e. The van der Waals surface area contributed by atoms with Gasteiger partial charge in [-0.3, -0.25) is 4.79 Å². The van der Waals surface area contributed by atoms with E-state index in [1.165, 1.54) is 0 Å². The quantitative estimate of drug-likeness (QED) is 0.662. The van der Waals surface area contributed by atoms with Crippen molar-refractivity contribution >= 4 is 5.91 Å². The molecule has 1 aromatic rings. The van der Waals surface area contributed by atoms with Crippen LogP contribution in [-0.2, 0) is 23.3 Å². The number of rotatable bonds is 0. The second-order valence-electron chi connectivity index (χ2n) is 4.70. The van der Waals surface area contributed by atoms with Crippen LogP contribution in [0.5, 0.6) is 0 Å². The zero-order valence-electron chi connectivity index (χ0n) is 8.79. The Labute approximate surface area is 83.3 Å². The standard InChI is InChI=1S/C10H15N3O/c1-10(2,3)7-5-13-6-9(14)11-4-8(13)12-7/h5H,4,6H2,1-3H3,(H,11,14). The van der Waals surface area contributed by atoms with Crippen LogP contribution in [0.2, 0.25) is 0 Å². The van der Waals surface area contributed by atoms with Crippen molar-refractivity contribution in [1.29, 1.82) is 0 Å². The molecule has 2 heterocycles. The predicted molar refractivity (Wildman–Crippen MR) is 52.8 cm³/mol. The Morgan fingerprint density at radius 3 is 2.86 bits per heavy atom. The molecule has 4 nitrogen and oxygen atoms in total. The Morgan fingerprint density at radius 2 is 2.21 bits per heavy atom. The van der Waals surface area contributed by atoms with Crippen molar-refractivity contribution in [3.8, 4) is 0 Å². The van der Waals surface area contributed by atoms with Crippen molar-refractivity contribution in [2.45, 2.75) is 39.3 Å². The van der Waals surface area contributed by atoms with E-state index in [0.29, 0.717) is 13.1 Å². The van der Waals surface area contributed by atoms with E-state index in [1.807, 2.05) is 10.8 Å². The highest BCUT2D eigenvalue weighted by Crippen LogP contribution is 2.21. The van der Waals surface area contributed by atoms with Gasteiger partial charge >= 0.3 is 0 Å². The average Bonchev–Trinajstić information content (AvgIpc) is 2.45. The molecule has 1 aliphatic heterocycles. The lowest BCUT2D eigenvalue weighted by Gasteiger charge is -2.14. The van der Waals surface area contributed by atoms with Crippen molar-refractivity contribution in [2.75, 3.05) is 0 Å². The Morgan fingerprint density at radius 1 is 1.50 bits per heavy atom. The van der Waals surface area contributed by atoms with Gasteiger partial charge in [-0.25, -0.2) is 4.98 Å². The number of nitrogens with zero attached hydrogens (tertiary/aromatic N) is 2. The van der Waals surface area contributed by atoms with Gasteiger partial charge in [-0.1, -0.05) is 20.8 Å². The molecule has 0 spiro atoms. The number of nitrogens with one attached hydrogen (secondary N) is 1. The molecule has 0 aliphatic carbocycles. The minimum absolute atomic E-state index is 0.0490. The average molecular weight is 193 g/mol. The first-order chi connectivity index (χ1) is 6.47. The summed E-state index contributed by atoms with van der Waals surface area (Å²) in [6, 6.07) is 0. The second-order valence-corrected chi connectivity index (χ2v) is 4.70. The van der Waals surface area contributed by atoms with E-state index < -0.39 is 0 Å². The van der Waals surface area contributed by atoms with Crippen LogP contribution in [0.1, 0.15) is 32.3 Å². The van der Waals surface area contributed by atoms with E-state index in [9.17, 15) is 4.79 Å². The molecule has 4 heteroatoms. The van der Waals surface area contributed by atoms with Crippen LogP contribution in [0.3, 0.4) is 0 Å². The maximum Gasteiger partial charge on any atom is 0.240 e. The van der Waals surface area contributed by atoms with Gasteiger partial charge in [0.05, 0.1) is 12.2 Å². The smallest absolute Gasteiger partial charge is 0.240 e. The van der Waals surface area contributed by atoms with E-state index >= 15 is 0 Å². The molecule has 0 aromatic carbocycles. The van der Waals surface area contributed by atoms with Gasteiger partial charge in [-0.05, 0) is 0 Å². The highest BCUT2D eigenvalue weighted by atomic mass is 16.2. The van der Waals surface area contributed by atoms with Crippen molar-refractivity contribution < 1.29 is 4.79 Å². The highest BCUT2D eigenvalue weighted by molar-refractivity contribution is 5.76. The molecule has 0 saturated carbocycles. The van der Waals surface area contributed by atoms with Gasteiger partial charge in [0.15, 0.2) is 0 Å². The van der Waals surface area contributed by atoms with Crippen LogP contribution in [0.25, 0.3) is 0 Å². The summed E-state index contributed by atoms with van der Waals surface area (Å²) in [5.41, 5.74) is 1.09. The lowest BCUT2D eigenvalue weighted by molar-refractivity contribution is -0.122. The number of carbonyl (C=O) groups is 1. The van der Waals surface area contributed by atoms with E-state index in [4.69, 9.17) is 0 Å². The largest absolute Gasteiger partial charge is 0.347 e. The lowest BCUT2D eigenvalue weighted by atomic mass is 9.93. The van der Waals surface area contributed by atoms with E-state index in [2.05, 4.69) is 31.1 Å². The first-order valence-electron chi connectivity index (χ1n) is 4.80. The fourth-order valence-electron chi connectivity index (χ4n) is 1.48. The van der Waals surface area contributed by atoms with E-state index in [0.717, 1.165) is 11.5 Å². The van der Waals surface area contributed by atoms with Gasteiger partial charge in [0.25, 0.3) is 0 Å². The third-order valence-electron chi connectivity index (χ3n) is 2.39. The summed E-state index contributed by atoms with van der Waals surface area (Å²) in [7, 11) is 0. The molecule has 0 atom stereocenters. The maximum atomic E-state index is 11.1. The maximum absolute atomic E-state index is 11.1. The summed E-state index contributed by atoms with van der Waals surface area (Å²) in [6.45, 7) is 7.32. The number of amides is 1. The first-order valence-corrected chi connectivity index (χ1v) is 4.80. The molecule has 1 aliphatic rings. The van der Waals surface area contributed by atoms with Gasteiger partial charge in [0.2, 0.25) is 5.91 Å². The van der Waals surface area contributed by atoms with Crippen LogP contribution >= 0.6 is 0 Å². The third kappa shape index (κ3) is 1.52.